The van der Waals surface area contributed by atoms with E-state index in [4.69, 9.17) is 27.9 Å². The summed E-state index contributed by atoms with van der Waals surface area (Å²) >= 11 is 12.0. The quantitative estimate of drug-likeness (QED) is 0.615. The minimum Gasteiger partial charge on any atom is -0.495 e. The number of halogens is 2. The lowest BCUT2D eigenvalue weighted by molar-refractivity contribution is 0.102. The van der Waals surface area contributed by atoms with E-state index >= 15 is 0 Å². The molecule has 0 aliphatic rings. The summed E-state index contributed by atoms with van der Waals surface area (Å²) in [5, 5.41) is 7.06. The maximum atomic E-state index is 12.4. The van der Waals surface area contributed by atoms with Gasteiger partial charge in [0.25, 0.3) is 5.91 Å². The zero-order chi connectivity index (χ0) is 18.5. The standard InChI is InChI=1S/C19H15Cl2N3O2/c1-26-18-7-6-14(10-16(18)21)23-15-8-9-22-17(11-15)19(25)24-13-4-2-12(20)3-5-13/h2-11H,1H3,(H,22,23)(H,24,25). The van der Waals surface area contributed by atoms with Crippen LogP contribution in [0.1, 0.15) is 10.5 Å². The van der Waals surface area contributed by atoms with Gasteiger partial charge in [0.15, 0.2) is 0 Å². The third kappa shape index (κ3) is 4.45. The van der Waals surface area contributed by atoms with Crippen LogP contribution < -0.4 is 15.4 Å². The number of amides is 1. The van der Waals surface area contributed by atoms with Crippen molar-refractivity contribution in [3.63, 3.8) is 0 Å². The van der Waals surface area contributed by atoms with Crippen molar-refractivity contribution in [1.82, 2.24) is 4.98 Å². The number of anilines is 3. The second-order valence-electron chi connectivity index (χ2n) is 5.37. The number of nitrogens with zero attached hydrogens (tertiary/aromatic N) is 1. The molecular weight excluding hydrogens is 373 g/mol. The van der Waals surface area contributed by atoms with Crippen LogP contribution in [0.4, 0.5) is 17.1 Å². The molecule has 0 unspecified atom stereocenters. The van der Waals surface area contributed by atoms with E-state index in [1.54, 1.807) is 61.8 Å². The SMILES string of the molecule is COc1ccc(Nc2ccnc(C(=O)Nc3ccc(Cl)cc3)c2)cc1Cl. The molecule has 0 spiro atoms. The van der Waals surface area contributed by atoms with Crippen LogP contribution in [0.15, 0.2) is 60.8 Å². The molecule has 0 radical (unpaired) electrons. The lowest BCUT2D eigenvalue weighted by Crippen LogP contribution is -2.13. The Hall–Kier alpha value is -2.76. The van der Waals surface area contributed by atoms with Gasteiger partial charge in [-0.2, -0.15) is 0 Å². The van der Waals surface area contributed by atoms with Gasteiger partial charge in [0.2, 0.25) is 0 Å². The van der Waals surface area contributed by atoms with Crippen LogP contribution in [-0.2, 0) is 0 Å². The summed E-state index contributed by atoms with van der Waals surface area (Å²) in [6.45, 7) is 0. The molecule has 0 saturated carbocycles. The smallest absolute Gasteiger partial charge is 0.274 e. The van der Waals surface area contributed by atoms with Gasteiger partial charge in [-0.25, -0.2) is 0 Å². The van der Waals surface area contributed by atoms with E-state index in [0.717, 1.165) is 5.69 Å². The van der Waals surface area contributed by atoms with Gasteiger partial charge >= 0.3 is 0 Å². The van der Waals surface area contributed by atoms with Gasteiger partial charge in [-0.1, -0.05) is 23.2 Å². The molecule has 0 atom stereocenters. The normalized spacial score (nSPS) is 10.3. The van der Waals surface area contributed by atoms with Crippen LogP contribution in [0.25, 0.3) is 0 Å². The highest BCUT2D eigenvalue weighted by Gasteiger charge is 2.09. The average Bonchev–Trinajstić information content (AvgIpc) is 2.64. The number of carbonyl (C=O) groups excluding carboxylic acids is 1. The Kier molecular flexibility index (Phi) is 5.61. The lowest BCUT2D eigenvalue weighted by atomic mass is 10.2. The van der Waals surface area contributed by atoms with Crippen molar-refractivity contribution in [3.8, 4) is 5.75 Å². The molecule has 1 heterocycles. The van der Waals surface area contributed by atoms with E-state index in [-0.39, 0.29) is 11.6 Å². The fourth-order valence-corrected chi connectivity index (χ4v) is 2.66. The van der Waals surface area contributed by atoms with Crippen LogP contribution >= 0.6 is 23.2 Å². The molecule has 5 nitrogen and oxygen atoms in total. The Bertz CT molecular complexity index is 930. The number of hydrogen-bond acceptors (Lipinski definition) is 4. The number of carbonyl (C=O) groups is 1. The second-order valence-corrected chi connectivity index (χ2v) is 6.21. The van der Waals surface area contributed by atoms with Crippen molar-refractivity contribution in [3.05, 3.63) is 76.5 Å². The number of aromatic nitrogens is 1. The van der Waals surface area contributed by atoms with Crippen molar-refractivity contribution < 1.29 is 9.53 Å². The fourth-order valence-electron chi connectivity index (χ4n) is 2.27. The highest BCUT2D eigenvalue weighted by molar-refractivity contribution is 6.32. The number of pyridine rings is 1. The summed E-state index contributed by atoms with van der Waals surface area (Å²) in [5.74, 6) is 0.277. The van der Waals surface area contributed by atoms with Gasteiger partial charge in [0, 0.05) is 28.3 Å². The van der Waals surface area contributed by atoms with E-state index in [2.05, 4.69) is 15.6 Å². The highest BCUT2D eigenvalue weighted by atomic mass is 35.5. The summed E-state index contributed by atoms with van der Waals surface area (Å²) in [7, 11) is 1.56. The Morgan fingerprint density at radius 3 is 2.35 bits per heavy atom. The molecule has 3 aromatic rings. The molecule has 1 aromatic heterocycles. The number of benzene rings is 2. The topological polar surface area (TPSA) is 63.2 Å². The maximum absolute atomic E-state index is 12.4. The predicted octanol–water partition coefficient (Wildman–Crippen LogP) is 5.39. The first-order chi connectivity index (χ1) is 12.5. The van der Waals surface area contributed by atoms with Crippen molar-refractivity contribution in [1.29, 1.82) is 0 Å². The lowest BCUT2D eigenvalue weighted by Gasteiger charge is -2.10. The molecule has 132 valence electrons. The summed E-state index contributed by atoms with van der Waals surface area (Å²) in [4.78, 5) is 16.5. The Labute approximate surface area is 160 Å². The summed E-state index contributed by atoms with van der Waals surface area (Å²) < 4.78 is 5.13. The highest BCUT2D eigenvalue weighted by Crippen LogP contribution is 2.28. The second kappa shape index (κ2) is 8.08. The van der Waals surface area contributed by atoms with Crippen LogP contribution in [-0.4, -0.2) is 18.0 Å². The van der Waals surface area contributed by atoms with Crippen molar-refractivity contribution in [2.45, 2.75) is 0 Å². The minimum absolute atomic E-state index is 0.282. The van der Waals surface area contributed by atoms with Gasteiger partial charge in [-0.3, -0.25) is 9.78 Å². The van der Waals surface area contributed by atoms with E-state index in [9.17, 15) is 4.79 Å². The van der Waals surface area contributed by atoms with Crippen molar-refractivity contribution in [2.24, 2.45) is 0 Å². The van der Waals surface area contributed by atoms with Crippen LogP contribution in [0.3, 0.4) is 0 Å². The first-order valence-corrected chi connectivity index (χ1v) is 8.44. The molecule has 0 aliphatic carbocycles. The number of ether oxygens (including phenoxy) is 1. The number of nitrogens with one attached hydrogen (secondary N) is 2. The third-order valence-electron chi connectivity index (χ3n) is 3.54. The van der Waals surface area contributed by atoms with E-state index < -0.39 is 0 Å². The van der Waals surface area contributed by atoms with Crippen LogP contribution in [0, 0.1) is 0 Å². The molecule has 7 heteroatoms. The largest absolute Gasteiger partial charge is 0.495 e. The molecule has 26 heavy (non-hydrogen) atoms. The van der Waals surface area contributed by atoms with Gasteiger partial charge < -0.3 is 15.4 Å². The van der Waals surface area contributed by atoms with Crippen molar-refractivity contribution >= 4 is 46.2 Å². The molecule has 0 bridgehead atoms. The van der Waals surface area contributed by atoms with Crippen LogP contribution in [0.2, 0.25) is 10.0 Å². The molecule has 3 rings (SSSR count). The maximum Gasteiger partial charge on any atom is 0.274 e. The summed E-state index contributed by atoms with van der Waals surface area (Å²) in [6, 6.07) is 15.6. The van der Waals surface area contributed by atoms with Crippen LogP contribution in [0.5, 0.6) is 5.75 Å². The zero-order valence-electron chi connectivity index (χ0n) is 13.8. The molecule has 0 aliphatic heterocycles. The average molecular weight is 388 g/mol. The molecule has 0 saturated heterocycles. The first kappa shape index (κ1) is 18.0. The first-order valence-electron chi connectivity index (χ1n) is 7.69. The molecule has 2 aromatic carbocycles. The minimum atomic E-state index is -0.316. The molecule has 0 fully saturated rings. The van der Waals surface area contributed by atoms with Crippen molar-refractivity contribution in [2.75, 3.05) is 17.7 Å². The van der Waals surface area contributed by atoms with E-state index in [1.165, 1.54) is 0 Å². The monoisotopic (exact) mass is 387 g/mol. The van der Waals surface area contributed by atoms with Gasteiger partial charge in [0.05, 0.1) is 12.1 Å². The Morgan fingerprint density at radius 1 is 0.962 bits per heavy atom. The van der Waals surface area contributed by atoms with Gasteiger partial charge in [-0.15, -0.1) is 0 Å². The number of methoxy groups -OCH3 is 1. The van der Waals surface area contributed by atoms with E-state index in [0.29, 0.717) is 27.2 Å². The summed E-state index contributed by atoms with van der Waals surface area (Å²) in [5.41, 5.74) is 2.40. The van der Waals surface area contributed by atoms with E-state index in [1.807, 2.05) is 6.07 Å². The predicted molar refractivity (Wildman–Crippen MR) is 105 cm³/mol. The number of rotatable bonds is 5. The number of hydrogen-bond donors (Lipinski definition) is 2. The Balaban J connectivity index is 1.74. The third-order valence-corrected chi connectivity index (χ3v) is 4.08. The molecule has 1 amide bonds. The fraction of sp³-hybridized carbons (Fsp3) is 0.0526. The summed E-state index contributed by atoms with van der Waals surface area (Å²) in [6.07, 6.45) is 1.56. The van der Waals surface area contributed by atoms with Gasteiger partial charge in [0.1, 0.15) is 11.4 Å². The Morgan fingerprint density at radius 2 is 1.65 bits per heavy atom. The molecular formula is C19H15Cl2N3O2. The molecule has 2 N–H and O–H groups in total. The zero-order valence-corrected chi connectivity index (χ0v) is 15.3. The van der Waals surface area contributed by atoms with Gasteiger partial charge in [-0.05, 0) is 54.6 Å².